The van der Waals surface area contributed by atoms with E-state index < -0.39 is 92.4 Å². The first-order valence-electron chi connectivity index (χ1n) is 18.4. The van der Waals surface area contributed by atoms with Crippen LogP contribution >= 0.6 is 0 Å². The average Bonchev–Trinajstić information content (AvgIpc) is 4.13. The molecule has 0 aliphatic heterocycles. The number of anilines is 1. The van der Waals surface area contributed by atoms with Crippen molar-refractivity contribution in [1.82, 2.24) is 9.29 Å². The summed E-state index contributed by atoms with van der Waals surface area (Å²) in [6, 6.07) is 9.82. The molecule has 7 rings (SSSR count). The van der Waals surface area contributed by atoms with E-state index in [0.717, 1.165) is 66.8 Å². The van der Waals surface area contributed by atoms with Crippen molar-refractivity contribution in [2.24, 2.45) is 0 Å². The molecule has 18 heteroatoms. The van der Waals surface area contributed by atoms with Crippen LogP contribution < -0.4 is 9.64 Å². The molecule has 1 N–H and O–H groups in total. The second-order valence-electron chi connectivity index (χ2n) is 14.8. The molecule has 0 unspecified atom stereocenters. The first kappa shape index (κ1) is 41.1. The standard InChI is InChI=1S/C40H35F8N3O6S/c41-33-34(42)36(44)38(37(45)35(33)43)58(55,56)50(19-27-17-49-12-11-29(27)40(46,47)48)20-32(52)51(18-21-13-25(22-5-6-22)15-26(14-21)23-7-8-23)30-10-9-24(39(53)54)16-31(30)57-28-3-1-2-4-28/h9-17,22-23,28H,1-8,18-20H2,(H,53,54). The fourth-order valence-electron chi connectivity index (χ4n) is 7.20. The maximum atomic E-state index is 15.2. The lowest BCUT2D eigenvalue weighted by molar-refractivity contribution is -0.138. The van der Waals surface area contributed by atoms with Gasteiger partial charge in [-0.25, -0.2) is 35.2 Å². The molecule has 0 atom stereocenters. The van der Waals surface area contributed by atoms with E-state index in [-0.39, 0.29) is 39.7 Å². The summed E-state index contributed by atoms with van der Waals surface area (Å²) in [5, 5.41) is 9.83. The largest absolute Gasteiger partial charge is 0.488 e. The van der Waals surface area contributed by atoms with Gasteiger partial charge >= 0.3 is 12.1 Å². The normalized spacial score (nSPS) is 16.2. The van der Waals surface area contributed by atoms with Gasteiger partial charge in [0.1, 0.15) is 5.75 Å². The average molecular weight is 838 g/mol. The molecule has 0 bridgehead atoms. The third-order valence-corrected chi connectivity index (χ3v) is 12.3. The summed E-state index contributed by atoms with van der Waals surface area (Å²) in [6.07, 6.45) is 2.21. The van der Waals surface area contributed by atoms with Crippen LogP contribution in [0, 0.1) is 29.1 Å². The van der Waals surface area contributed by atoms with Crippen molar-refractivity contribution in [2.45, 2.75) is 93.5 Å². The quantitative estimate of drug-likeness (QED) is 0.0766. The van der Waals surface area contributed by atoms with Gasteiger partial charge in [0.25, 0.3) is 0 Å². The number of alkyl halides is 3. The number of ether oxygens (including phenoxy) is 1. The third-order valence-electron chi connectivity index (χ3n) is 10.5. The van der Waals surface area contributed by atoms with Crippen LogP contribution in [-0.2, 0) is 34.1 Å². The minimum absolute atomic E-state index is 0.0716. The topological polar surface area (TPSA) is 117 Å². The molecule has 1 amide bonds. The minimum Gasteiger partial charge on any atom is -0.488 e. The molecule has 4 aromatic rings. The molecule has 9 nitrogen and oxygen atoms in total. The smallest absolute Gasteiger partial charge is 0.416 e. The zero-order valence-electron chi connectivity index (χ0n) is 30.5. The van der Waals surface area contributed by atoms with E-state index in [0.29, 0.717) is 30.7 Å². The molecule has 58 heavy (non-hydrogen) atoms. The molecule has 3 aromatic carbocycles. The number of carbonyl (C=O) groups is 2. The van der Waals surface area contributed by atoms with Gasteiger partial charge in [0.15, 0.2) is 28.2 Å². The van der Waals surface area contributed by atoms with Gasteiger partial charge in [-0.2, -0.15) is 17.5 Å². The summed E-state index contributed by atoms with van der Waals surface area (Å²) < 4.78 is 150. The number of nitrogens with zero attached hydrogens (tertiary/aromatic N) is 3. The first-order valence-corrected chi connectivity index (χ1v) is 19.9. The van der Waals surface area contributed by atoms with Gasteiger partial charge < -0.3 is 14.7 Å². The summed E-state index contributed by atoms with van der Waals surface area (Å²) in [7, 11) is -6.05. The zero-order valence-corrected chi connectivity index (χ0v) is 31.3. The second-order valence-corrected chi connectivity index (χ2v) is 16.6. The Balaban J connectivity index is 1.37. The number of carboxylic acid groups (broad SMARTS) is 1. The van der Waals surface area contributed by atoms with E-state index in [9.17, 15) is 49.5 Å². The molecule has 0 spiro atoms. The Morgan fingerprint density at radius 1 is 0.793 bits per heavy atom. The SMILES string of the molecule is O=C(O)c1ccc(N(Cc2cc(C3CC3)cc(C3CC3)c2)C(=O)CN(Cc2cnccc2C(F)(F)F)S(=O)(=O)c2c(F)c(F)c(F)c(F)c2F)c(OC2CCCC2)c1. The van der Waals surface area contributed by atoms with Crippen molar-refractivity contribution >= 4 is 27.6 Å². The fourth-order valence-corrected chi connectivity index (χ4v) is 8.68. The van der Waals surface area contributed by atoms with Crippen LogP contribution in [0.4, 0.5) is 40.8 Å². The molecule has 3 aliphatic carbocycles. The van der Waals surface area contributed by atoms with Crippen molar-refractivity contribution in [1.29, 1.82) is 0 Å². The van der Waals surface area contributed by atoms with Gasteiger partial charge in [-0.1, -0.05) is 18.2 Å². The summed E-state index contributed by atoms with van der Waals surface area (Å²) in [5.41, 5.74) is -0.145. The molecular formula is C40H35F8N3O6S. The molecule has 3 saturated carbocycles. The number of carbonyl (C=O) groups excluding carboxylic acids is 1. The number of hydrogen-bond acceptors (Lipinski definition) is 6. The Labute approximate surface area is 327 Å². The molecule has 0 radical (unpaired) electrons. The van der Waals surface area contributed by atoms with Crippen LogP contribution in [0.3, 0.4) is 0 Å². The Morgan fingerprint density at radius 3 is 1.93 bits per heavy atom. The third kappa shape index (κ3) is 8.53. The maximum absolute atomic E-state index is 15.2. The zero-order chi connectivity index (χ0) is 41.7. The number of benzene rings is 3. The van der Waals surface area contributed by atoms with Gasteiger partial charge in [0.2, 0.25) is 21.7 Å². The van der Waals surface area contributed by atoms with E-state index in [1.807, 2.05) is 12.1 Å². The number of rotatable bonds is 14. The fraction of sp³-hybridized carbons (Fsp3) is 0.375. The van der Waals surface area contributed by atoms with Crippen LogP contribution in [0.15, 0.2) is 59.8 Å². The van der Waals surface area contributed by atoms with Gasteiger partial charge in [-0.05, 0) is 110 Å². The van der Waals surface area contributed by atoms with Crippen molar-refractivity contribution in [3.8, 4) is 5.75 Å². The number of pyridine rings is 1. The van der Waals surface area contributed by atoms with Gasteiger partial charge in [-0.15, -0.1) is 0 Å². The number of sulfonamides is 1. The lowest BCUT2D eigenvalue weighted by Gasteiger charge is -2.30. The van der Waals surface area contributed by atoms with Crippen LogP contribution in [0.5, 0.6) is 5.75 Å². The van der Waals surface area contributed by atoms with E-state index >= 15 is 8.78 Å². The molecule has 308 valence electrons. The van der Waals surface area contributed by atoms with Gasteiger partial charge in [0, 0.05) is 18.9 Å². The number of amides is 1. The predicted molar refractivity (Wildman–Crippen MR) is 191 cm³/mol. The highest BCUT2D eigenvalue weighted by atomic mass is 32.2. The predicted octanol–water partition coefficient (Wildman–Crippen LogP) is 8.99. The molecule has 3 fully saturated rings. The monoisotopic (exact) mass is 837 g/mol. The maximum Gasteiger partial charge on any atom is 0.416 e. The molecule has 3 aliphatic rings. The van der Waals surface area contributed by atoms with Crippen molar-refractivity contribution < 1.29 is 63.0 Å². The highest BCUT2D eigenvalue weighted by molar-refractivity contribution is 7.89. The Bertz CT molecular complexity index is 2320. The Hall–Kier alpha value is -5.10. The van der Waals surface area contributed by atoms with E-state index in [2.05, 4.69) is 11.1 Å². The van der Waals surface area contributed by atoms with Crippen LogP contribution in [0.1, 0.15) is 101 Å². The van der Waals surface area contributed by atoms with E-state index in [4.69, 9.17) is 4.74 Å². The van der Waals surface area contributed by atoms with Crippen molar-refractivity contribution in [2.75, 3.05) is 11.4 Å². The lowest BCUT2D eigenvalue weighted by Crippen LogP contribution is -2.43. The van der Waals surface area contributed by atoms with Crippen molar-refractivity contribution in [3.05, 3.63) is 117 Å². The number of hydrogen-bond donors (Lipinski definition) is 1. The van der Waals surface area contributed by atoms with Gasteiger partial charge in [0.05, 0.1) is 36.0 Å². The highest BCUT2D eigenvalue weighted by Crippen LogP contribution is 2.46. The van der Waals surface area contributed by atoms with Crippen molar-refractivity contribution in [3.63, 3.8) is 0 Å². The van der Waals surface area contributed by atoms with Crippen LogP contribution in [0.25, 0.3) is 0 Å². The molecule has 1 aromatic heterocycles. The summed E-state index contributed by atoms with van der Waals surface area (Å²) in [5.74, 6) is -15.7. The summed E-state index contributed by atoms with van der Waals surface area (Å²) in [6.45, 7) is -3.30. The molecule has 1 heterocycles. The van der Waals surface area contributed by atoms with Gasteiger partial charge in [-0.3, -0.25) is 9.78 Å². The van der Waals surface area contributed by atoms with E-state index in [1.165, 1.54) is 12.1 Å². The highest BCUT2D eigenvalue weighted by Gasteiger charge is 2.41. The Kier molecular flexibility index (Phi) is 11.3. The molecule has 0 saturated heterocycles. The minimum atomic E-state index is -6.05. The van der Waals surface area contributed by atoms with Crippen LogP contribution in [0.2, 0.25) is 0 Å². The van der Waals surface area contributed by atoms with Crippen LogP contribution in [-0.4, -0.2) is 47.3 Å². The second kappa shape index (κ2) is 15.9. The number of carboxylic acids is 1. The number of aromatic carboxylic acids is 1. The Morgan fingerprint density at radius 2 is 1.38 bits per heavy atom. The molecular weight excluding hydrogens is 803 g/mol. The summed E-state index contributed by atoms with van der Waals surface area (Å²) >= 11 is 0. The van der Waals surface area contributed by atoms with E-state index in [1.54, 1.807) is 0 Å². The number of aromatic nitrogens is 1. The first-order chi connectivity index (χ1) is 27.4. The number of halogens is 8. The lowest BCUT2D eigenvalue weighted by atomic mass is 9.99. The summed E-state index contributed by atoms with van der Waals surface area (Å²) in [4.78, 5) is 29.0.